The number of nitrogens with zero attached hydrogens (tertiary/aromatic N) is 3. The van der Waals surface area contributed by atoms with Gasteiger partial charge in [0.05, 0.1) is 18.8 Å². The molecule has 2 aliphatic rings. The summed E-state index contributed by atoms with van der Waals surface area (Å²) < 4.78 is 17.2. The summed E-state index contributed by atoms with van der Waals surface area (Å²) in [5.74, 6) is 1.59. The van der Waals surface area contributed by atoms with Crippen molar-refractivity contribution >= 4 is 29.4 Å². The first-order valence-electron chi connectivity index (χ1n) is 8.55. The first-order valence-corrected chi connectivity index (χ1v) is 9.78. The first-order chi connectivity index (χ1) is 12.8. The Morgan fingerprint density at radius 2 is 1.96 bits per heavy atom. The number of aromatic nitrogens is 2. The molecule has 1 atom stereocenters. The van der Waals surface area contributed by atoms with Crippen molar-refractivity contribution in [2.75, 3.05) is 44.6 Å². The number of thioether (sulfide) groups is 1. The number of anilines is 1. The van der Waals surface area contributed by atoms with E-state index in [0.29, 0.717) is 19.0 Å². The van der Waals surface area contributed by atoms with E-state index in [4.69, 9.17) is 24.2 Å². The average molecular weight is 371 g/mol. The maximum Gasteiger partial charge on any atom is 0.232 e. The van der Waals surface area contributed by atoms with Gasteiger partial charge in [0.25, 0.3) is 0 Å². The van der Waals surface area contributed by atoms with Crippen LogP contribution in [-0.4, -0.2) is 49.6 Å². The number of morpholine rings is 1. The minimum atomic E-state index is -0.506. The van der Waals surface area contributed by atoms with Crippen LogP contribution in [0.25, 0.3) is 11.8 Å². The molecule has 0 bridgehead atoms. The van der Waals surface area contributed by atoms with E-state index in [1.54, 1.807) is 7.11 Å². The number of methoxy groups -OCH3 is 1. The molecule has 1 aromatic heterocycles. The van der Waals surface area contributed by atoms with Crippen LogP contribution >= 0.6 is 11.8 Å². The Hall–Kier alpha value is -2.09. The van der Waals surface area contributed by atoms with Gasteiger partial charge in [0.1, 0.15) is 17.3 Å². The van der Waals surface area contributed by atoms with Crippen LogP contribution in [0.1, 0.15) is 23.1 Å². The predicted molar refractivity (Wildman–Crippen MR) is 102 cm³/mol. The van der Waals surface area contributed by atoms with Crippen LogP contribution in [0.3, 0.4) is 0 Å². The summed E-state index contributed by atoms with van der Waals surface area (Å²) >= 11 is 1.53. The van der Waals surface area contributed by atoms with Crippen LogP contribution in [0, 0.1) is 0 Å². The molecule has 4 rings (SSSR count). The Bertz CT molecular complexity index is 807. The lowest BCUT2D eigenvalue weighted by Gasteiger charge is -2.29. The second-order valence-electron chi connectivity index (χ2n) is 6.00. The lowest BCUT2D eigenvalue weighted by atomic mass is 10.1. The second-order valence-corrected chi connectivity index (χ2v) is 6.77. The molecule has 1 fully saturated rings. The zero-order chi connectivity index (χ0) is 17.9. The van der Waals surface area contributed by atoms with Gasteiger partial charge in [-0.3, -0.25) is 0 Å². The quantitative estimate of drug-likeness (QED) is 0.604. The third-order valence-corrected chi connectivity index (χ3v) is 4.96. The van der Waals surface area contributed by atoms with Gasteiger partial charge in [-0.2, -0.15) is 0 Å². The highest BCUT2D eigenvalue weighted by Crippen LogP contribution is 2.43. The summed E-state index contributed by atoms with van der Waals surface area (Å²) in [5, 5.41) is 0.726. The van der Waals surface area contributed by atoms with Crippen molar-refractivity contribution in [2.24, 2.45) is 0 Å². The minimum Gasteiger partial charge on any atom is -0.458 e. The van der Waals surface area contributed by atoms with Gasteiger partial charge in [0.15, 0.2) is 5.16 Å². The fourth-order valence-electron chi connectivity index (χ4n) is 3.15. The molecule has 0 saturated carbocycles. The molecule has 26 heavy (non-hydrogen) atoms. The molecule has 0 amide bonds. The van der Waals surface area contributed by atoms with Crippen LogP contribution in [0.4, 0.5) is 5.82 Å². The third-order valence-electron chi connectivity index (χ3n) is 4.41. The van der Waals surface area contributed by atoms with Gasteiger partial charge < -0.3 is 19.1 Å². The highest BCUT2D eigenvalue weighted by molar-refractivity contribution is 7.98. The fraction of sp³-hybridized carbons (Fsp3) is 0.368. The fourth-order valence-corrected chi connectivity index (χ4v) is 3.51. The Morgan fingerprint density at radius 1 is 1.19 bits per heavy atom. The average Bonchev–Trinajstić information content (AvgIpc) is 3.06. The lowest BCUT2D eigenvalue weighted by molar-refractivity contribution is -0.0643. The molecular formula is C19H21N3O3S. The van der Waals surface area contributed by atoms with Crippen molar-refractivity contribution in [2.45, 2.75) is 11.4 Å². The van der Waals surface area contributed by atoms with Crippen molar-refractivity contribution in [1.29, 1.82) is 0 Å². The molecule has 1 unspecified atom stereocenters. The third kappa shape index (κ3) is 3.30. The molecule has 7 heteroatoms. The van der Waals surface area contributed by atoms with E-state index >= 15 is 0 Å². The van der Waals surface area contributed by atoms with Crippen molar-refractivity contribution < 1.29 is 14.2 Å². The number of ether oxygens (including phenoxy) is 3. The summed E-state index contributed by atoms with van der Waals surface area (Å²) in [5.41, 5.74) is 2.76. The molecule has 3 heterocycles. The van der Waals surface area contributed by atoms with Gasteiger partial charge in [-0.15, -0.1) is 0 Å². The minimum absolute atomic E-state index is 0.506. The molecule has 2 aromatic rings. The second kappa shape index (κ2) is 7.65. The molecule has 136 valence electrons. The summed E-state index contributed by atoms with van der Waals surface area (Å²) in [6, 6.07) is 10.1. The van der Waals surface area contributed by atoms with Crippen LogP contribution in [0.2, 0.25) is 0 Å². The highest BCUT2D eigenvalue weighted by atomic mass is 32.2. The Kier molecular flexibility index (Phi) is 5.10. The molecule has 6 nitrogen and oxygen atoms in total. The van der Waals surface area contributed by atoms with E-state index in [1.165, 1.54) is 11.8 Å². The number of benzene rings is 1. The van der Waals surface area contributed by atoms with E-state index in [2.05, 4.69) is 4.90 Å². The lowest BCUT2D eigenvalue weighted by Crippen LogP contribution is -2.37. The number of rotatable bonds is 4. The van der Waals surface area contributed by atoms with E-state index in [0.717, 1.165) is 40.9 Å². The van der Waals surface area contributed by atoms with Crippen LogP contribution in [0.15, 0.2) is 35.5 Å². The number of hydrogen-bond donors (Lipinski definition) is 0. The van der Waals surface area contributed by atoms with Crippen LogP contribution in [0.5, 0.6) is 0 Å². The number of fused-ring (bicyclic) bond motifs is 1. The summed E-state index contributed by atoms with van der Waals surface area (Å²) in [4.78, 5) is 11.7. The van der Waals surface area contributed by atoms with Crippen LogP contribution < -0.4 is 4.90 Å². The standard InChI is InChI=1S/C19H21N3O3S/c1-23-18-15-16(14(25-18)12-13-6-4-3-5-7-13)20-19(26-2)21-17(15)22-8-10-24-11-9-22/h3-7,12,18H,8-11H2,1-2H3/b14-12-. The first kappa shape index (κ1) is 17.3. The molecule has 0 radical (unpaired) electrons. The van der Waals surface area contributed by atoms with Gasteiger partial charge in [0, 0.05) is 20.2 Å². The molecule has 2 aliphatic heterocycles. The Balaban J connectivity index is 1.83. The zero-order valence-corrected chi connectivity index (χ0v) is 15.7. The highest BCUT2D eigenvalue weighted by Gasteiger charge is 2.36. The molecular weight excluding hydrogens is 350 g/mol. The largest absolute Gasteiger partial charge is 0.458 e. The van der Waals surface area contributed by atoms with E-state index in [-0.39, 0.29) is 0 Å². The van der Waals surface area contributed by atoms with E-state index in [9.17, 15) is 0 Å². The SMILES string of the molecule is COC1O/C(=C\c2ccccc2)c2nc(SC)nc(N3CCOCC3)c21. The van der Waals surface area contributed by atoms with Crippen LogP contribution in [-0.2, 0) is 14.2 Å². The number of hydrogen-bond acceptors (Lipinski definition) is 7. The van der Waals surface area contributed by atoms with E-state index in [1.807, 2.05) is 42.7 Å². The molecule has 0 N–H and O–H groups in total. The smallest absolute Gasteiger partial charge is 0.232 e. The summed E-state index contributed by atoms with van der Waals surface area (Å²) in [7, 11) is 1.64. The predicted octanol–water partition coefficient (Wildman–Crippen LogP) is 3.21. The van der Waals surface area contributed by atoms with Gasteiger partial charge in [-0.05, 0) is 17.9 Å². The van der Waals surface area contributed by atoms with Crippen molar-refractivity contribution in [3.63, 3.8) is 0 Å². The van der Waals surface area contributed by atoms with Crippen molar-refractivity contribution in [3.8, 4) is 0 Å². The van der Waals surface area contributed by atoms with E-state index < -0.39 is 6.29 Å². The van der Waals surface area contributed by atoms with Gasteiger partial charge in [-0.25, -0.2) is 9.97 Å². The van der Waals surface area contributed by atoms with Crippen molar-refractivity contribution in [1.82, 2.24) is 9.97 Å². The topological polar surface area (TPSA) is 56.7 Å². The maximum atomic E-state index is 6.09. The summed E-state index contributed by atoms with van der Waals surface area (Å²) in [6.45, 7) is 2.98. The molecule has 1 saturated heterocycles. The maximum absolute atomic E-state index is 6.09. The van der Waals surface area contributed by atoms with Crippen molar-refractivity contribution in [3.05, 3.63) is 47.2 Å². The monoisotopic (exact) mass is 371 g/mol. The molecule has 1 aromatic carbocycles. The zero-order valence-electron chi connectivity index (χ0n) is 14.8. The van der Waals surface area contributed by atoms with Gasteiger partial charge in [-0.1, -0.05) is 42.1 Å². The van der Waals surface area contributed by atoms with Gasteiger partial charge in [0.2, 0.25) is 6.29 Å². The summed E-state index contributed by atoms with van der Waals surface area (Å²) in [6.07, 6.45) is 3.47. The molecule has 0 spiro atoms. The normalized spacial score (nSPS) is 20.9. The molecule has 0 aliphatic carbocycles. The Labute approximate surface area is 157 Å². The van der Waals surface area contributed by atoms with Gasteiger partial charge >= 0.3 is 0 Å². The Morgan fingerprint density at radius 3 is 2.65 bits per heavy atom.